The molecule has 0 saturated carbocycles. The van der Waals surface area contributed by atoms with Gasteiger partial charge in [0.1, 0.15) is 0 Å². The molecular weight excluding hydrogens is 180 g/mol. The first kappa shape index (κ1) is 7.10. The van der Waals surface area contributed by atoms with Gasteiger partial charge in [0.25, 0.3) is 0 Å². The van der Waals surface area contributed by atoms with Crippen LogP contribution in [-0.2, 0) is 0 Å². The fourth-order valence-corrected chi connectivity index (χ4v) is 8.64. The van der Waals surface area contributed by atoms with Gasteiger partial charge in [0, 0.05) is 5.54 Å². The SMILES string of the molecule is CC1=C2c3cscc3C1[Si]2(C)C. The smallest absolute Gasteiger partial charge is 0.0931 e. The molecular formula is C10H12SSi. The molecule has 0 aromatic carbocycles. The zero-order valence-electron chi connectivity index (χ0n) is 7.64. The van der Waals surface area contributed by atoms with Crippen LogP contribution in [0.25, 0.3) is 5.20 Å². The molecule has 2 aliphatic heterocycles. The minimum absolute atomic E-state index is 0.883. The number of rotatable bonds is 0. The van der Waals surface area contributed by atoms with Gasteiger partial charge in [-0.3, -0.25) is 0 Å². The Hall–Kier alpha value is -0.343. The van der Waals surface area contributed by atoms with E-state index in [2.05, 4.69) is 30.8 Å². The van der Waals surface area contributed by atoms with Crippen molar-refractivity contribution >= 4 is 24.6 Å². The molecule has 1 aromatic rings. The van der Waals surface area contributed by atoms with Crippen LogP contribution < -0.4 is 0 Å². The van der Waals surface area contributed by atoms with E-state index in [1.165, 1.54) is 0 Å². The highest BCUT2D eigenvalue weighted by Gasteiger charge is 2.55. The summed E-state index contributed by atoms with van der Waals surface area (Å²) in [5.41, 5.74) is 5.83. The Labute approximate surface area is 77.9 Å². The first-order chi connectivity index (χ1) is 5.64. The van der Waals surface area contributed by atoms with Crippen LogP contribution in [0, 0.1) is 0 Å². The molecule has 0 fully saturated rings. The van der Waals surface area contributed by atoms with Crippen molar-refractivity contribution in [3.63, 3.8) is 0 Å². The van der Waals surface area contributed by atoms with Gasteiger partial charge in [0.15, 0.2) is 0 Å². The maximum absolute atomic E-state index is 2.50. The Balaban J connectivity index is 2.31. The maximum Gasteiger partial charge on any atom is 0.0931 e. The van der Waals surface area contributed by atoms with Crippen LogP contribution in [0.3, 0.4) is 0 Å². The molecule has 12 heavy (non-hydrogen) atoms. The van der Waals surface area contributed by atoms with Gasteiger partial charge in [-0.05, 0) is 28.8 Å². The number of allylic oxidation sites excluding steroid dienone is 1. The van der Waals surface area contributed by atoms with Gasteiger partial charge in [-0.25, -0.2) is 0 Å². The number of hydrogen-bond acceptors (Lipinski definition) is 1. The second-order valence-electron chi connectivity index (χ2n) is 4.45. The normalized spacial score (nSPS) is 28.8. The fourth-order valence-electron chi connectivity index (χ4n) is 3.18. The standard InChI is InChI=1S/C10H12SSi/c1-6-9-7-4-11-5-8(7)10(6)12(9,2)3/h4-5,9H,1-3H3. The summed E-state index contributed by atoms with van der Waals surface area (Å²) in [6.45, 7) is 7.33. The van der Waals surface area contributed by atoms with Crippen molar-refractivity contribution in [2.75, 3.05) is 0 Å². The summed E-state index contributed by atoms with van der Waals surface area (Å²) < 4.78 is 0. The predicted molar refractivity (Wildman–Crippen MR) is 57.1 cm³/mol. The Morgan fingerprint density at radius 2 is 2.08 bits per heavy atom. The summed E-state index contributed by atoms with van der Waals surface area (Å²) in [6.07, 6.45) is 0. The monoisotopic (exact) mass is 192 g/mol. The van der Waals surface area contributed by atoms with Crippen molar-refractivity contribution in [3.8, 4) is 0 Å². The van der Waals surface area contributed by atoms with E-state index < -0.39 is 8.07 Å². The van der Waals surface area contributed by atoms with Crippen LogP contribution in [0.4, 0.5) is 0 Å². The molecule has 2 heteroatoms. The average Bonchev–Trinajstić information content (AvgIpc) is 2.48. The van der Waals surface area contributed by atoms with Crippen LogP contribution in [-0.4, -0.2) is 8.07 Å². The van der Waals surface area contributed by atoms with Crippen molar-refractivity contribution < 1.29 is 0 Å². The molecule has 0 amide bonds. The van der Waals surface area contributed by atoms with Crippen molar-refractivity contribution in [2.24, 2.45) is 0 Å². The van der Waals surface area contributed by atoms with Crippen molar-refractivity contribution in [1.29, 1.82) is 0 Å². The van der Waals surface area contributed by atoms with Crippen molar-refractivity contribution in [2.45, 2.75) is 25.6 Å². The van der Waals surface area contributed by atoms with E-state index in [-0.39, 0.29) is 0 Å². The van der Waals surface area contributed by atoms with E-state index >= 15 is 0 Å². The molecule has 0 nitrogen and oxygen atoms in total. The molecule has 0 saturated heterocycles. The molecule has 1 aromatic heterocycles. The zero-order valence-corrected chi connectivity index (χ0v) is 9.46. The van der Waals surface area contributed by atoms with Gasteiger partial charge >= 0.3 is 0 Å². The third-order valence-electron chi connectivity index (χ3n) is 3.47. The minimum Gasteiger partial charge on any atom is -0.152 e. The van der Waals surface area contributed by atoms with Gasteiger partial charge in [-0.15, -0.1) is 0 Å². The Bertz CT molecular complexity index is 398. The summed E-state index contributed by atoms with van der Waals surface area (Å²) in [5.74, 6) is 0. The summed E-state index contributed by atoms with van der Waals surface area (Å²) >= 11 is 1.87. The lowest BCUT2D eigenvalue weighted by molar-refractivity contribution is 1.07. The lowest BCUT2D eigenvalue weighted by Crippen LogP contribution is -2.41. The van der Waals surface area contributed by atoms with Gasteiger partial charge in [-0.1, -0.05) is 23.9 Å². The van der Waals surface area contributed by atoms with E-state index in [4.69, 9.17) is 0 Å². The molecule has 1 aliphatic carbocycles. The fraction of sp³-hybridized carbons (Fsp3) is 0.400. The third kappa shape index (κ3) is 0.510. The zero-order chi connectivity index (χ0) is 8.51. The Morgan fingerprint density at radius 1 is 1.33 bits per heavy atom. The average molecular weight is 192 g/mol. The van der Waals surface area contributed by atoms with E-state index in [9.17, 15) is 0 Å². The highest BCUT2D eigenvalue weighted by molar-refractivity contribution is 7.10. The highest BCUT2D eigenvalue weighted by Crippen LogP contribution is 2.62. The molecule has 0 radical (unpaired) electrons. The third-order valence-corrected chi connectivity index (χ3v) is 8.37. The number of hydrogen-bond donors (Lipinski definition) is 0. The molecule has 4 rings (SSSR count). The molecule has 0 spiro atoms. The minimum atomic E-state index is -0.976. The van der Waals surface area contributed by atoms with Crippen molar-refractivity contribution in [1.82, 2.24) is 0 Å². The van der Waals surface area contributed by atoms with E-state index in [0.717, 1.165) is 5.54 Å². The Morgan fingerprint density at radius 3 is 2.67 bits per heavy atom. The molecule has 1 unspecified atom stereocenters. The van der Waals surface area contributed by atoms with E-state index in [0.29, 0.717) is 0 Å². The summed E-state index contributed by atoms with van der Waals surface area (Å²) in [5, 5.41) is 6.47. The lowest BCUT2D eigenvalue weighted by atomic mass is 10.2. The van der Waals surface area contributed by atoms with Gasteiger partial charge in [-0.2, -0.15) is 11.3 Å². The maximum atomic E-state index is 2.50. The largest absolute Gasteiger partial charge is 0.152 e. The van der Waals surface area contributed by atoms with Gasteiger partial charge in [0.2, 0.25) is 0 Å². The second kappa shape index (κ2) is 1.78. The van der Waals surface area contributed by atoms with Gasteiger partial charge in [0.05, 0.1) is 8.07 Å². The molecule has 1 atom stereocenters. The first-order valence-electron chi connectivity index (χ1n) is 4.41. The van der Waals surface area contributed by atoms with Crippen molar-refractivity contribution in [3.05, 3.63) is 27.5 Å². The van der Waals surface area contributed by atoms with E-state index in [1.54, 1.807) is 21.9 Å². The quantitative estimate of drug-likeness (QED) is 0.553. The predicted octanol–water partition coefficient (Wildman–Crippen LogP) is 3.42. The lowest BCUT2D eigenvalue weighted by Gasteiger charge is -2.39. The molecule has 62 valence electrons. The van der Waals surface area contributed by atoms with Crippen LogP contribution in [0.1, 0.15) is 23.6 Å². The molecule has 3 heterocycles. The summed E-state index contributed by atoms with van der Waals surface area (Å²) in [4.78, 5) is 0. The van der Waals surface area contributed by atoms with Crippen LogP contribution in [0.5, 0.6) is 0 Å². The van der Waals surface area contributed by atoms with Gasteiger partial charge < -0.3 is 0 Å². The Kier molecular flexibility index (Phi) is 1.05. The molecule has 3 aliphatic rings. The first-order valence-corrected chi connectivity index (χ1v) is 8.43. The number of thiophene rings is 1. The second-order valence-corrected chi connectivity index (χ2v) is 9.72. The topological polar surface area (TPSA) is 0 Å². The molecule has 2 bridgehead atoms. The molecule has 0 N–H and O–H groups in total. The summed E-state index contributed by atoms with van der Waals surface area (Å²) in [6, 6.07) is 0. The van der Waals surface area contributed by atoms with Crippen LogP contribution in [0.2, 0.25) is 13.1 Å². The highest BCUT2D eigenvalue weighted by atomic mass is 32.1. The van der Waals surface area contributed by atoms with Crippen LogP contribution >= 0.6 is 11.3 Å². The van der Waals surface area contributed by atoms with Crippen LogP contribution in [0.15, 0.2) is 16.3 Å². The van der Waals surface area contributed by atoms with E-state index in [1.807, 2.05) is 11.3 Å². The summed E-state index contributed by atoms with van der Waals surface area (Å²) in [7, 11) is -0.976.